The maximum atomic E-state index is 8.94. The van der Waals surface area contributed by atoms with Gasteiger partial charge in [0.1, 0.15) is 5.82 Å². The van der Waals surface area contributed by atoms with Crippen LogP contribution in [0.15, 0.2) is 6.07 Å². The number of aryl methyl sites for hydroxylation is 1. The van der Waals surface area contributed by atoms with Crippen LogP contribution in [-0.4, -0.2) is 27.5 Å². The molecule has 0 aliphatic rings. The van der Waals surface area contributed by atoms with Crippen LogP contribution >= 0.6 is 0 Å². The van der Waals surface area contributed by atoms with E-state index in [0.29, 0.717) is 18.5 Å². The van der Waals surface area contributed by atoms with E-state index in [1.165, 1.54) is 0 Å². The third-order valence-corrected chi connectivity index (χ3v) is 2.43. The van der Waals surface area contributed by atoms with Gasteiger partial charge in [0.15, 0.2) is 0 Å². The van der Waals surface area contributed by atoms with Crippen molar-refractivity contribution >= 4 is 5.82 Å². The second-order valence-corrected chi connectivity index (χ2v) is 4.79. The molecule has 92 valence electrons. The van der Waals surface area contributed by atoms with Crippen LogP contribution in [0.4, 0.5) is 5.82 Å². The molecule has 16 heavy (non-hydrogen) atoms. The van der Waals surface area contributed by atoms with E-state index in [1.807, 2.05) is 17.7 Å². The van der Waals surface area contributed by atoms with Crippen molar-refractivity contribution in [3.05, 3.63) is 11.8 Å². The molecule has 0 aliphatic heterocycles. The van der Waals surface area contributed by atoms with E-state index in [0.717, 1.165) is 17.9 Å². The number of rotatable bonds is 6. The summed E-state index contributed by atoms with van der Waals surface area (Å²) in [6.45, 7) is 9.24. The molecule has 4 heteroatoms. The van der Waals surface area contributed by atoms with Crippen molar-refractivity contribution < 1.29 is 5.11 Å². The first-order valence-corrected chi connectivity index (χ1v) is 5.94. The lowest BCUT2D eigenvalue weighted by Gasteiger charge is -2.17. The zero-order chi connectivity index (χ0) is 12.1. The highest BCUT2D eigenvalue weighted by Gasteiger charge is 2.09. The van der Waals surface area contributed by atoms with Gasteiger partial charge in [-0.25, -0.2) is 4.68 Å². The highest BCUT2D eigenvalue weighted by Crippen LogP contribution is 2.14. The average molecular weight is 225 g/mol. The minimum absolute atomic E-state index is 0.119. The number of aromatic nitrogens is 2. The lowest BCUT2D eigenvalue weighted by molar-refractivity contribution is 0.270. The van der Waals surface area contributed by atoms with Gasteiger partial charge in [0, 0.05) is 12.1 Å². The summed E-state index contributed by atoms with van der Waals surface area (Å²) < 4.78 is 1.83. The fourth-order valence-electron chi connectivity index (χ4n) is 1.95. The van der Waals surface area contributed by atoms with E-state index in [-0.39, 0.29) is 6.61 Å². The Morgan fingerprint density at radius 1 is 1.44 bits per heavy atom. The minimum atomic E-state index is 0.119. The predicted octanol–water partition coefficient (Wildman–Crippen LogP) is 2.03. The van der Waals surface area contributed by atoms with Crippen molar-refractivity contribution in [1.82, 2.24) is 9.78 Å². The SMILES string of the molecule is Cc1cc(NC(C)CC(C)C)n(CCO)n1. The summed E-state index contributed by atoms with van der Waals surface area (Å²) in [6.07, 6.45) is 1.13. The molecule has 1 rings (SSSR count). The molecule has 0 spiro atoms. The minimum Gasteiger partial charge on any atom is -0.394 e. The van der Waals surface area contributed by atoms with Crippen LogP contribution in [-0.2, 0) is 6.54 Å². The number of anilines is 1. The number of hydrogen-bond acceptors (Lipinski definition) is 3. The lowest BCUT2D eigenvalue weighted by atomic mass is 10.1. The van der Waals surface area contributed by atoms with Gasteiger partial charge in [0.25, 0.3) is 0 Å². The van der Waals surface area contributed by atoms with Crippen molar-refractivity contribution in [3.8, 4) is 0 Å². The molecule has 0 saturated carbocycles. The van der Waals surface area contributed by atoms with E-state index >= 15 is 0 Å². The highest BCUT2D eigenvalue weighted by atomic mass is 16.3. The first-order valence-electron chi connectivity index (χ1n) is 5.94. The molecule has 0 amide bonds. The third-order valence-electron chi connectivity index (χ3n) is 2.43. The first-order chi connectivity index (χ1) is 7.52. The van der Waals surface area contributed by atoms with E-state index in [2.05, 4.69) is 31.2 Å². The third kappa shape index (κ3) is 3.85. The number of aliphatic hydroxyl groups excluding tert-OH is 1. The molecule has 1 aromatic rings. The topological polar surface area (TPSA) is 50.1 Å². The molecule has 1 heterocycles. The molecule has 0 bridgehead atoms. The lowest BCUT2D eigenvalue weighted by Crippen LogP contribution is -2.20. The predicted molar refractivity (Wildman–Crippen MR) is 66.6 cm³/mol. The van der Waals surface area contributed by atoms with Crippen LogP contribution in [0, 0.1) is 12.8 Å². The molecule has 1 atom stereocenters. The maximum absolute atomic E-state index is 8.94. The van der Waals surface area contributed by atoms with Gasteiger partial charge in [-0.2, -0.15) is 5.10 Å². The monoisotopic (exact) mass is 225 g/mol. The second-order valence-electron chi connectivity index (χ2n) is 4.79. The summed E-state index contributed by atoms with van der Waals surface area (Å²) >= 11 is 0. The molecule has 2 N–H and O–H groups in total. The van der Waals surface area contributed by atoms with Gasteiger partial charge in [-0.15, -0.1) is 0 Å². The number of hydrogen-bond donors (Lipinski definition) is 2. The smallest absolute Gasteiger partial charge is 0.124 e. The number of nitrogens with one attached hydrogen (secondary N) is 1. The second kappa shape index (κ2) is 5.89. The molecule has 1 unspecified atom stereocenters. The van der Waals surface area contributed by atoms with Crippen molar-refractivity contribution in [2.24, 2.45) is 5.92 Å². The average Bonchev–Trinajstić information content (AvgIpc) is 2.45. The largest absolute Gasteiger partial charge is 0.394 e. The van der Waals surface area contributed by atoms with Gasteiger partial charge in [-0.1, -0.05) is 13.8 Å². The fourth-order valence-corrected chi connectivity index (χ4v) is 1.95. The number of aliphatic hydroxyl groups is 1. The summed E-state index contributed by atoms with van der Waals surface area (Å²) in [4.78, 5) is 0. The Bertz CT molecular complexity index is 320. The van der Waals surface area contributed by atoms with Gasteiger partial charge >= 0.3 is 0 Å². The Balaban J connectivity index is 2.64. The summed E-state index contributed by atoms with van der Waals surface area (Å²) in [6, 6.07) is 2.44. The van der Waals surface area contributed by atoms with Crippen LogP contribution in [0.25, 0.3) is 0 Å². The molecule has 0 aromatic carbocycles. The highest BCUT2D eigenvalue weighted by molar-refractivity contribution is 5.37. The van der Waals surface area contributed by atoms with E-state index in [4.69, 9.17) is 5.11 Å². The normalized spacial score (nSPS) is 13.1. The zero-order valence-corrected chi connectivity index (χ0v) is 10.7. The summed E-state index contributed by atoms with van der Waals surface area (Å²) in [5.74, 6) is 1.68. The molecule has 1 aromatic heterocycles. The van der Waals surface area contributed by atoms with Crippen molar-refractivity contribution in [2.75, 3.05) is 11.9 Å². The van der Waals surface area contributed by atoms with Gasteiger partial charge in [0.05, 0.1) is 18.8 Å². The van der Waals surface area contributed by atoms with Gasteiger partial charge < -0.3 is 10.4 Å². The van der Waals surface area contributed by atoms with Gasteiger partial charge in [0.2, 0.25) is 0 Å². The van der Waals surface area contributed by atoms with E-state index in [9.17, 15) is 0 Å². The molecule has 0 radical (unpaired) electrons. The maximum Gasteiger partial charge on any atom is 0.124 e. The molecule has 0 aliphatic carbocycles. The fraction of sp³-hybridized carbons (Fsp3) is 0.750. The van der Waals surface area contributed by atoms with Gasteiger partial charge in [-0.05, 0) is 26.2 Å². The molecular weight excluding hydrogens is 202 g/mol. The van der Waals surface area contributed by atoms with E-state index in [1.54, 1.807) is 0 Å². The number of nitrogens with zero attached hydrogens (tertiary/aromatic N) is 2. The molecule has 4 nitrogen and oxygen atoms in total. The summed E-state index contributed by atoms with van der Waals surface area (Å²) in [5, 5.41) is 16.7. The molecule has 0 fully saturated rings. The molecule has 0 saturated heterocycles. The van der Waals surface area contributed by atoms with Crippen molar-refractivity contribution in [2.45, 2.75) is 46.7 Å². The Labute approximate surface area is 97.7 Å². The standard InChI is InChI=1S/C12H23N3O/c1-9(2)7-10(3)13-12-8-11(4)14-15(12)5-6-16/h8-10,13,16H,5-7H2,1-4H3. The Morgan fingerprint density at radius 2 is 2.12 bits per heavy atom. The van der Waals surface area contributed by atoms with Crippen LogP contribution < -0.4 is 5.32 Å². The van der Waals surface area contributed by atoms with Crippen LogP contribution in [0.5, 0.6) is 0 Å². The Morgan fingerprint density at radius 3 is 2.69 bits per heavy atom. The van der Waals surface area contributed by atoms with Gasteiger partial charge in [-0.3, -0.25) is 0 Å². The van der Waals surface area contributed by atoms with E-state index < -0.39 is 0 Å². The van der Waals surface area contributed by atoms with Crippen molar-refractivity contribution in [1.29, 1.82) is 0 Å². The Kier molecular flexibility index (Phi) is 4.80. The van der Waals surface area contributed by atoms with Crippen molar-refractivity contribution in [3.63, 3.8) is 0 Å². The van der Waals surface area contributed by atoms with Crippen LogP contribution in [0.2, 0.25) is 0 Å². The summed E-state index contributed by atoms with van der Waals surface area (Å²) in [5.41, 5.74) is 0.979. The Hall–Kier alpha value is -1.03. The first kappa shape index (κ1) is 13.0. The van der Waals surface area contributed by atoms with Crippen LogP contribution in [0.3, 0.4) is 0 Å². The molecular formula is C12H23N3O. The quantitative estimate of drug-likeness (QED) is 0.779. The van der Waals surface area contributed by atoms with Crippen LogP contribution in [0.1, 0.15) is 32.9 Å². The zero-order valence-electron chi connectivity index (χ0n) is 10.7. The summed E-state index contributed by atoms with van der Waals surface area (Å²) in [7, 11) is 0.